The molecule has 1 heterocycles. The van der Waals surface area contributed by atoms with Crippen LogP contribution in [0.1, 0.15) is 0 Å². The molecule has 0 atom stereocenters. The van der Waals surface area contributed by atoms with E-state index in [-0.39, 0.29) is 0 Å². The Balaban J connectivity index is 2.56. The van der Waals surface area contributed by atoms with E-state index in [4.69, 9.17) is 16.0 Å². The Hall–Kier alpha value is -1.41. The maximum Gasteiger partial charge on any atom is 0.153 e. The van der Waals surface area contributed by atoms with Crippen LogP contribution in [0.15, 0.2) is 40.8 Å². The summed E-state index contributed by atoms with van der Waals surface area (Å²) in [7, 11) is 2.04. The SMILES string of the molecule is C[B]c1cccc2c1oc1cccc(Cl)c12. The number of hydrogen-bond acceptors (Lipinski definition) is 1. The Labute approximate surface area is 99.2 Å². The largest absolute Gasteiger partial charge is 0.457 e. The molecule has 0 unspecified atom stereocenters. The van der Waals surface area contributed by atoms with Crippen LogP contribution in [0.25, 0.3) is 21.9 Å². The Morgan fingerprint density at radius 2 is 1.94 bits per heavy atom. The first-order chi connectivity index (χ1) is 7.81. The fourth-order valence-corrected chi connectivity index (χ4v) is 2.32. The first-order valence-corrected chi connectivity index (χ1v) is 5.58. The maximum atomic E-state index is 6.20. The van der Waals surface area contributed by atoms with Crippen molar-refractivity contribution < 1.29 is 4.42 Å². The minimum atomic E-state index is 0.740. The van der Waals surface area contributed by atoms with E-state index in [1.807, 2.05) is 50.5 Å². The number of furan rings is 1. The van der Waals surface area contributed by atoms with Crippen molar-refractivity contribution in [1.29, 1.82) is 0 Å². The van der Waals surface area contributed by atoms with Gasteiger partial charge in [0, 0.05) is 10.8 Å². The van der Waals surface area contributed by atoms with Gasteiger partial charge in [0.15, 0.2) is 7.28 Å². The zero-order valence-corrected chi connectivity index (χ0v) is 9.58. The van der Waals surface area contributed by atoms with Gasteiger partial charge in [-0.3, -0.25) is 0 Å². The highest BCUT2D eigenvalue weighted by Crippen LogP contribution is 2.32. The Kier molecular flexibility index (Phi) is 2.18. The van der Waals surface area contributed by atoms with Crippen molar-refractivity contribution in [1.82, 2.24) is 0 Å². The van der Waals surface area contributed by atoms with Gasteiger partial charge in [-0.1, -0.05) is 42.7 Å². The van der Waals surface area contributed by atoms with Gasteiger partial charge in [-0.2, -0.15) is 0 Å². The van der Waals surface area contributed by atoms with Crippen LogP contribution >= 0.6 is 11.6 Å². The quantitative estimate of drug-likeness (QED) is 0.579. The lowest BCUT2D eigenvalue weighted by Gasteiger charge is -1.96. The zero-order valence-electron chi connectivity index (χ0n) is 8.83. The second-order valence-electron chi connectivity index (χ2n) is 3.73. The molecule has 1 nitrogen and oxygen atoms in total. The molecular formula is C13H9BClO. The average Bonchev–Trinajstić information content (AvgIpc) is 2.68. The van der Waals surface area contributed by atoms with Crippen LogP contribution < -0.4 is 5.46 Å². The van der Waals surface area contributed by atoms with E-state index < -0.39 is 0 Å². The van der Waals surface area contributed by atoms with Crippen LogP contribution in [0.2, 0.25) is 11.8 Å². The molecule has 0 spiro atoms. The summed E-state index contributed by atoms with van der Waals surface area (Å²) in [5.41, 5.74) is 2.86. The van der Waals surface area contributed by atoms with Crippen LogP contribution in [0, 0.1) is 0 Å². The van der Waals surface area contributed by atoms with Gasteiger partial charge in [0.25, 0.3) is 0 Å². The van der Waals surface area contributed by atoms with Gasteiger partial charge < -0.3 is 4.42 Å². The van der Waals surface area contributed by atoms with Crippen LogP contribution in [0.5, 0.6) is 0 Å². The van der Waals surface area contributed by atoms with Crippen molar-refractivity contribution >= 4 is 46.3 Å². The van der Waals surface area contributed by atoms with Crippen LogP contribution in [-0.2, 0) is 0 Å². The third kappa shape index (κ3) is 1.26. The summed E-state index contributed by atoms with van der Waals surface area (Å²) in [6.45, 7) is 2.00. The third-order valence-electron chi connectivity index (χ3n) is 2.81. The number of para-hydroxylation sites is 1. The molecule has 0 N–H and O–H groups in total. The molecule has 0 fully saturated rings. The minimum absolute atomic E-state index is 0.740. The number of rotatable bonds is 1. The van der Waals surface area contributed by atoms with Crippen molar-refractivity contribution in [2.75, 3.05) is 0 Å². The molecule has 2 aromatic carbocycles. The highest BCUT2D eigenvalue weighted by molar-refractivity contribution is 6.55. The Morgan fingerprint density at radius 1 is 1.12 bits per heavy atom. The summed E-state index contributed by atoms with van der Waals surface area (Å²) in [4.78, 5) is 0. The average molecular weight is 227 g/mol. The zero-order chi connectivity index (χ0) is 11.1. The highest BCUT2D eigenvalue weighted by Gasteiger charge is 2.11. The lowest BCUT2D eigenvalue weighted by Crippen LogP contribution is -2.09. The van der Waals surface area contributed by atoms with Crippen molar-refractivity contribution in [3.63, 3.8) is 0 Å². The fraction of sp³-hybridized carbons (Fsp3) is 0.0769. The van der Waals surface area contributed by atoms with Crippen molar-refractivity contribution in [3.05, 3.63) is 41.4 Å². The summed E-state index contributed by atoms with van der Waals surface area (Å²) in [5, 5.41) is 2.82. The van der Waals surface area contributed by atoms with E-state index in [9.17, 15) is 0 Å². The van der Waals surface area contributed by atoms with Gasteiger partial charge in [0.2, 0.25) is 0 Å². The molecule has 0 aliphatic carbocycles. The Bertz CT molecular complexity index is 672. The van der Waals surface area contributed by atoms with Gasteiger partial charge in [0.1, 0.15) is 11.2 Å². The molecule has 3 rings (SSSR count). The predicted molar refractivity (Wildman–Crippen MR) is 70.0 cm³/mol. The summed E-state index contributed by atoms with van der Waals surface area (Å²) < 4.78 is 5.84. The van der Waals surface area contributed by atoms with Crippen LogP contribution in [0.3, 0.4) is 0 Å². The molecule has 0 aliphatic rings. The first-order valence-electron chi connectivity index (χ1n) is 5.20. The van der Waals surface area contributed by atoms with Crippen molar-refractivity contribution in [2.24, 2.45) is 0 Å². The summed E-state index contributed by atoms with van der Waals surface area (Å²) >= 11 is 6.20. The number of halogens is 1. The Morgan fingerprint density at radius 3 is 2.75 bits per heavy atom. The summed E-state index contributed by atoms with van der Waals surface area (Å²) in [5.74, 6) is 0. The molecule has 77 valence electrons. The van der Waals surface area contributed by atoms with E-state index >= 15 is 0 Å². The van der Waals surface area contributed by atoms with E-state index in [1.165, 1.54) is 0 Å². The maximum absolute atomic E-state index is 6.20. The second kappa shape index (κ2) is 3.57. The second-order valence-corrected chi connectivity index (χ2v) is 4.13. The van der Waals surface area contributed by atoms with E-state index in [1.54, 1.807) is 0 Å². The number of hydrogen-bond donors (Lipinski definition) is 0. The summed E-state index contributed by atoms with van der Waals surface area (Å²) in [6, 6.07) is 11.8. The van der Waals surface area contributed by atoms with E-state index in [0.29, 0.717) is 0 Å². The van der Waals surface area contributed by atoms with Gasteiger partial charge in [-0.15, -0.1) is 0 Å². The lowest BCUT2D eigenvalue weighted by atomic mass is 9.73. The molecule has 0 amide bonds. The molecule has 0 aliphatic heterocycles. The molecule has 0 saturated carbocycles. The predicted octanol–water partition coefficient (Wildman–Crippen LogP) is 3.62. The lowest BCUT2D eigenvalue weighted by molar-refractivity contribution is 0.671. The van der Waals surface area contributed by atoms with E-state index in [2.05, 4.69) is 0 Å². The van der Waals surface area contributed by atoms with Gasteiger partial charge in [-0.25, -0.2) is 0 Å². The van der Waals surface area contributed by atoms with Gasteiger partial charge in [0.05, 0.1) is 5.02 Å². The fourth-order valence-electron chi connectivity index (χ4n) is 2.05. The molecule has 0 saturated heterocycles. The molecule has 1 aromatic heterocycles. The molecule has 0 bridgehead atoms. The molecule has 3 aromatic rings. The smallest absolute Gasteiger partial charge is 0.153 e. The van der Waals surface area contributed by atoms with Crippen LogP contribution in [-0.4, -0.2) is 7.28 Å². The topological polar surface area (TPSA) is 13.1 Å². The third-order valence-corrected chi connectivity index (χ3v) is 3.13. The number of fused-ring (bicyclic) bond motifs is 3. The standard InChI is InChI=1S/C13H9BClO/c1-14-9-5-2-4-8-12-10(15)6-3-7-11(12)16-13(8)9/h2-7H,1H3. The number of benzene rings is 2. The molecular weight excluding hydrogens is 218 g/mol. The highest BCUT2D eigenvalue weighted by atomic mass is 35.5. The van der Waals surface area contributed by atoms with Gasteiger partial charge >= 0.3 is 0 Å². The monoisotopic (exact) mass is 227 g/mol. The first kappa shape index (κ1) is 9.80. The summed E-state index contributed by atoms with van der Waals surface area (Å²) in [6.07, 6.45) is 0. The van der Waals surface area contributed by atoms with E-state index in [0.717, 1.165) is 32.4 Å². The normalized spacial score (nSPS) is 11.1. The minimum Gasteiger partial charge on any atom is -0.457 e. The molecule has 16 heavy (non-hydrogen) atoms. The van der Waals surface area contributed by atoms with Gasteiger partial charge in [-0.05, 0) is 17.6 Å². The molecule has 3 heteroatoms. The van der Waals surface area contributed by atoms with Crippen molar-refractivity contribution in [2.45, 2.75) is 6.82 Å². The van der Waals surface area contributed by atoms with Crippen LogP contribution in [0.4, 0.5) is 0 Å². The van der Waals surface area contributed by atoms with Crippen molar-refractivity contribution in [3.8, 4) is 0 Å². The molecule has 1 radical (unpaired) electrons.